The monoisotopic (exact) mass is 383 g/mol. The third-order valence-electron chi connectivity index (χ3n) is 3.65. The predicted octanol–water partition coefficient (Wildman–Crippen LogP) is 3.37. The van der Waals surface area contributed by atoms with Crippen molar-refractivity contribution in [3.05, 3.63) is 84.4 Å². The van der Waals surface area contributed by atoms with Gasteiger partial charge >= 0.3 is 0 Å². The molecule has 27 heavy (non-hydrogen) atoms. The number of oxime groups is 1. The lowest BCUT2D eigenvalue weighted by atomic mass is 10.2. The Morgan fingerprint density at radius 2 is 1.59 bits per heavy atom. The number of rotatable bonds is 6. The molecule has 138 valence electrons. The minimum Gasteiger partial charge on any atom is -0.455 e. The molecule has 0 saturated carbocycles. The topological polar surface area (TPSA) is 114 Å². The van der Waals surface area contributed by atoms with Crippen molar-refractivity contribution in [1.29, 1.82) is 0 Å². The fourth-order valence-corrected chi connectivity index (χ4v) is 3.42. The Balaban J connectivity index is 2.01. The number of nitrogens with two attached hydrogens (primary N) is 1. The average Bonchev–Trinajstić information content (AvgIpc) is 2.70. The van der Waals surface area contributed by atoms with E-state index < -0.39 is 10.0 Å². The zero-order chi connectivity index (χ0) is 19.3. The molecule has 0 aromatic heterocycles. The van der Waals surface area contributed by atoms with Crippen molar-refractivity contribution in [2.45, 2.75) is 4.90 Å². The number of benzene rings is 3. The highest BCUT2D eigenvalue weighted by Crippen LogP contribution is 2.32. The van der Waals surface area contributed by atoms with Crippen molar-refractivity contribution >= 4 is 21.5 Å². The van der Waals surface area contributed by atoms with Gasteiger partial charge in [0.05, 0.1) is 10.6 Å². The molecule has 0 bridgehead atoms. The Kier molecular flexibility index (Phi) is 5.28. The number of nitrogens with one attached hydrogen (secondary N) is 1. The zero-order valence-electron chi connectivity index (χ0n) is 14.1. The average molecular weight is 383 g/mol. The van der Waals surface area contributed by atoms with Gasteiger partial charge in [0.2, 0.25) is 0 Å². The Morgan fingerprint density at radius 1 is 0.963 bits per heavy atom. The lowest BCUT2D eigenvalue weighted by Crippen LogP contribution is -2.15. The number of amidine groups is 1. The maximum absolute atomic E-state index is 12.6. The van der Waals surface area contributed by atoms with E-state index in [1.54, 1.807) is 42.5 Å². The summed E-state index contributed by atoms with van der Waals surface area (Å²) in [6.45, 7) is 0. The number of anilines is 1. The van der Waals surface area contributed by atoms with Crippen LogP contribution >= 0.6 is 0 Å². The van der Waals surface area contributed by atoms with E-state index in [1.807, 2.05) is 6.07 Å². The molecule has 0 heterocycles. The first-order chi connectivity index (χ1) is 13.0. The Hall–Kier alpha value is -3.52. The van der Waals surface area contributed by atoms with E-state index in [4.69, 9.17) is 15.7 Å². The highest BCUT2D eigenvalue weighted by atomic mass is 32.2. The predicted molar refractivity (Wildman–Crippen MR) is 103 cm³/mol. The van der Waals surface area contributed by atoms with Crippen LogP contribution in [0.25, 0.3) is 0 Å². The molecule has 0 spiro atoms. The number of para-hydroxylation sites is 1. The maximum atomic E-state index is 12.6. The molecule has 0 aliphatic rings. The van der Waals surface area contributed by atoms with Gasteiger partial charge in [0.25, 0.3) is 10.0 Å². The highest BCUT2D eigenvalue weighted by molar-refractivity contribution is 7.92. The van der Waals surface area contributed by atoms with Gasteiger partial charge in [-0.25, -0.2) is 8.42 Å². The quantitative estimate of drug-likeness (QED) is 0.261. The molecule has 0 aliphatic heterocycles. The first-order valence-electron chi connectivity index (χ1n) is 7.92. The third kappa shape index (κ3) is 4.36. The summed E-state index contributed by atoms with van der Waals surface area (Å²) < 4.78 is 33.6. The summed E-state index contributed by atoms with van der Waals surface area (Å²) in [4.78, 5) is 0.121. The molecule has 0 atom stereocenters. The van der Waals surface area contributed by atoms with Gasteiger partial charge in [0, 0.05) is 5.56 Å². The van der Waals surface area contributed by atoms with Gasteiger partial charge in [0.1, 0.15) is 5.75 Å². The van der Waals surface area contributed by atoms with Gasteiger partial charge < -0.3 is 15.7 Å². The number of ether oxygens (including phenoxy) is 1. The van der Waals surface area contributed by atoms with Crippen molar-refractivity contribution < 1.29 is 18.4 Å². The molecule has 4 N–H and O–H groups in total. The number of hydrogen-bond acceptors (Lipinski definition) is 5. The summed E-state index contributed by atoms with van der Waals surface area (Å²) in [5, 5.41) is 11.8. The first kappa shape index (κ1) is 18.3. The Bertz CT molecular complexity index is 1050. The Labute approximate surface area is 156 Å². The molecule has 8 heteroatoms. The maximum Gasteiger partial charge on any atom is 0.262 e. The van der Waals surface area contributed by atoms with Crippen molar-refractivity contribution in [3.8, 4) is 11.5 Å². The molecule has 3 rings (SSSR count). The van der Waals surface area contributed by atoms with Crippen molar-refractivity contribution in [1.82, 2.24) is 0 Å². The summed E-state index contributed by atoms with van der Waals surface area (Å²) in [7, 11) is -3.81. The van der Waals surface area contributed by atoms with Crippen LogP contribution in [0.3, 0.4) is 0 Å². The summed E-state index contributed by atoms with van der Waals surface area (Å²) in [5.41, 5.74) is 6.23. The normalized spacial score (nSPS) is 11.8. The van der Waals surface area contributed by atoms with Gasteiger partial charge in [0.15, 0.2) is 11.6 Å². The molecule has 0 saturated heterocycles. The smallest absolute Gasteiger partial charge is 0.262 e. The second-order valence-corrected chi connectivity index (χ2v) is 7.21. The molecule has 3 aromatic rings. The van der Waals surface area contributed by atoms with E-state index in [9.17, 15) is 8.42 Å². The van der Waals surface area contributed by atoms with Crippen molar-refractivity contribution in [2.75, 3.05) is 4.72 Å². The first-order valence-corrected chi connectivity index (χ1v) is 9.40. The minimum atomic E-state index is -3.81. The second-order valence-electron chi connectivity index (χ2n) is 5.53. The lowest BCUT2D eigenvalue weighted by molar-refractivity contribution is 0.318. The molecule has 7 nitrogen and oxygen atoms in total. The number of sulfonamides is 1. The van der Waals surface area contributed by atoms with Crippen molar-refractivity contribution in [3.63, 3.8) is 0 Å². The van der Waals surface area contributed by atoms with Gasteiger partial charge in [-0.1, -0.05) is 41.6 Å². The van der Waals surface area contributed by atoms with Crippen LogP contribution in [-0.2, 0) is 10.0 Å². The van der Waals surface area contributed by atoms with Crippen LogP contribution in [0.15, 0.2) is 88.9 Å². The van der Waals surface area contributed by atoms with Crippen LogP contribution in [0, 0.1) is 0 Å². The molecule has 0 unspecified atom stereocenters. The van der Waals surface area contributed by atoms with E-state index in [0.717, 1.165) is 0 Å². The van der Waals surface area contributed by atoms with Crippen LogP contribution in [0.4, 0.5) is 5.69 Å². The molecule has 0 fully saturated rings. The van der Waals surface area contributed by atoms with E-state index >= 15 is 0 Å². The highest BCUT2D eigenvalue weighted by Gasteiger charge is 2.17. The summed E-state index contributed by atoms with van der Waals surface area (Å²) in [6.07, 6.45) is 0. The second kappa shape index (κ2) is 7.79. The fourth-order valence-electron chi connectivity index (χ4n) is 2.33. The summed E-state index contributed by atoms with van der Waals surface area (Å²) in [5.74, 6) is 0.601. The third-order valence-corrected chi connectivity index (χ3v) is 5.04. The summed E-state index contributed by atoms with van der Waals surface area (Å²) in [6, 6.07) is 21.4. The number of hydrogen-bond donors (Lipinski definition) is 3. The minimum absolute atomic E-state index is 0.120. The van der Waals surface area contributed by atoms with E-state index in [1.165, 1.54) is 30.3 Å². The number of nitrogens with zero attached hydrogens (tertiary/aromatic N) is 1. The molecule has 3 aromatic carbocycles. The van der Waals surface area contributed by atoms with Crippen LogP contribution < -0.4 is 15.2 Å². The molecule has 0 radical (unpaired) electrons. The molecule has 0 aliphatic carbocycles. The fraction of sp³-hybridized carbons (Fsp3) is 0. The largest absolute Gasteiger partial charge is 0.455 e. The van der Waals surface area contributed by atoms with E-state index in [-0.39, 0.29) is 22.2 Å². The van der Waals surface area contributed by atoms with Gasteiger partial charge in [-0.3, -0.25) is 4.72 Å². The van der Waals surface area contributed by atoms with Gasteiger partial charge in [-0.2, -0.15) is 0 Å². The molecule has 0 amide bonds. The van der Waals surface area contributed by atoms with Crippen LogP contribution in [0.5, 0.6) is 11.5 Å². The molecular formula is C19H17N3O4S. The SMILES string of the molecule is N/C(=N\O)c1ccc(NS(=O)(=O)c2ccccc2)c(Oc2ccccc2)c1. The van der Waals surface area contributed by atoms with Crippen molar-refractivity contribution in [2.24, 2.45) is 10.9 Å². The van der Waals surface area contributed by atoms with E-state index in [2.05, 4.69) is 9.88 Å². The van der Waals surface area contributed by atoms with Crippen LogP contribution in [0.1, 0.15) is 5.56 Å². The summed E-state index contributed by atoms with van der Waals surface area (Å²) >= 11 is 0. The van der Waals surface area contributed by atoms with Gasteiger partial charge in [-0.05, 0) is 42.5 Å². The van der Waals surface area contributed by atoms with Gasteiger partial charge in [-0.15, -0.1) is 0 Å². The lowest BCUT2D eigenvalue weighted by Gasteiger charge is -2.15. The van der Waals surface area contributed by atoms with Crippen LogP contribution in [0.2, 0.25) is 0 Å². The molecular weight excluding hydrogens is 366 g/mol. The van der Waals surface area contributed by atoms with E-state index in [0.29, 0.717) is 11.3 Å². The van der Waals surface area contributed by atoms with Crippen LogP contribution in [-0.4, -0.2) is 19.5 Å². The zero-order valence-corrected chi connectivity index (χ0v) is 14.9. The Morgan fingerprint density at radius 3 is 2.22 bits per heavy atom. The standard InChI is InChI=1S/C19H17N3O4S/c20-19(21-23)14-11-12-17(18(13-14)26-15-7-3-1-4-8-15)22-27(24,25)16-9-5-2-6-10-16/h1-13,22-23H,(H2,20,21).